The molecule has 2 nitrogen and oxygen atoms in total. The fourth-order valence-corrected chi connectivity index (χ4v) is 3.91. The Hall–Kier alpha value is -0.510. The summed E-state index contributed by atoms with van der Waals surface area (Å²) in [5.41, 5.74) is 1.51. The van der Waals surface area contributed by atoms with E-state index in [1.54, 1.807) is 0 Å². The van der Waals surface area contributed by atoms with Gasteiger partial charge in [0.05, 0.1) is 6.10 Å². The zero-order valence-electron chi connectivity index (χ0n) is 9.30. The minimum absolute atomic E-state index is 0.0932. The average Bonchev–Trinajstić information content (AvgIpc) is 2.87. The molecule has 0 radical (unpaired) electrons. The number of thioether (sulfide) groups is 1. The molecule has 16 heavy (non-hydrogen) atoms. The van der Waals surface area contributed by atoms with Crippen LogP contribution in [0.2, 0.25) is 0 Å². The predicted octanol–water partition coefficient (Wildman–Crippen LogP) is 1.94. The van der Waals surface area contributed by atoms with Crippen LogP contribution in [0.25, 0.3) is 0 Å². The van der Waals surface area contributed by atoms with Gasteiger partial charge in [-0.15, -0.1) is 11.8 Å². The molecule has 1 fully saturated rings. The quantitative estimate of drug-likeness (QED) is 0.847. The summed E-state index contributed by atoms with van der Waals surface area (Å²) >= 11 is 1.97. The summed E-state index contributed by atoms with van der Waals surface area (Å²) in [5.74, 6) is 1.86. The molecule has 0 aliphatic carbocycles. The van der Waals surface area contributed by atoms with Gasteiger partial charge in [0.2, 0.25) is 0 Å². The van der Waals surface area contributed by atoms with Crippen molar-refractivity contribution < 1.29 is 5.11 Å². The SMILES string of the molecule is O[C@@H]1CCN(CC2CSc3ccccc32)C1. The van der Waals surface area contributed by atoms with E-state index in [2.05, 4.69) is 29.2 Å². The number of benzene rings is 1. The van der Waals surface area contributed by atoms with Crippen molar-refractivity contribution in [2.24, 2.45) is 0 Å². The second kappa shape index (κ2) is 4.40. The highest BCUT2D eigenvalue weighted by molar-refractivity contribution is 7.99. The van der Waals surface area contributed by atoms with Gasteiger partial charge in [-0.25, -0.2) is 0 Å². The van der Waals surface area contributed by atoms with Gasteiger partial charge in [0.15, 0.2) is 0 Å². The minimum Gasteiger partial charge on any atom is -0.392 e. The van der Waals surface area contributed by atoms with Crippen LogP contribution in [-0.2, 0) is 0 Å². The smallest absolute Gasteiger partial charge is 0.0679 e. The molecule has 1 saturated heterocycles. The molecule has 2 atom stereocenters. The molecule has 1 N–H and O–H groups in total. The summed E-state index contributed by atoms with van der Waals surface area (Å²) < 4.78 is 0. The minimum atomic E-state index is -0.0932. The highest BCUT2D eigenvalue weighted by atomic mass is 32.2. The number of rotatable bonds is 2. The molecule has 1 unspecified atom stereocenters. The van der Waals surface area contributed by atoms with Crippen LogP contribution >= 0.6 is 11.8 Å². The van der Waals surface area contributed by atoms with Crippen LogP contribution in [-0.4, -0.2) is 41.5 Å². The van der Waals surface area contributed by atoms with Gasteiger partial charge in [-0.3, -0.25) is 0 Å². The van der Waals surface area contributed by atoms with E-state index in [9.17, 15) is 5.11 Å². The van der Waals surface area contributed by atoms with Gasteiger partial charge in [0.25, 0.3) is 0 Å². The first-order valence-electron chi connectivity index (χ1n) is 5.95. The molecule has 3 rings (SSSR count). The fourth-order valence-electron chi connectivity index (χ4n) is 2.67. The first kappa shape index (κ1) is 10.6. The molecule has 0 spiro atoms. The summed E-state index contributed by atoms with van der Waals surface area (Å²) in [6.07, 6.45) is 0.853. The summed E-state index contributed by atoms with van der Waals surface area (Å²) in [5, 5.41) is 9.52. The van der Waals surface area contributed by atoms with Crippen molar-refractivity contribution in [1.82, 2.24) is 4.90 Å². The number of hydrogen-bond donors (Lipinski definition) is 1. The predicted molar refractivity (Wildman–Crippen MR) is 67.0 cm³/mol. The Bertz CT molecular complexity index is 382. The summed E-state index contributed by atoms with van der Waals surface area (Å²) in [6, 6.07) is 8.73. The lowest BCUT2D eigenvalue weighted by Crippen LogP contribution is -2.27. The lowest BCUT2D eigenvalue weighted by Gasteiger charge is -2.20. The van der Waals surface area contributed by atoms with Crippen LogP contribution in [0.5, 0.6) is 0 Å². The Morgan fingerprint density at radius 2 is 2.25 bits per heavy atom. The molecule has 2 heterocycles. The van der Waals surface area contributed by atoms with Gasteiger partial charge in [0, 0.05) is 36.2 Å². The van der Waals surface area contributed by atoms with E-state index in [4.69, 9.17) is 0 Å². The van der Waals surface area contributed by atoms with Gasteiger partial charge in [-0.05, 0) is 18.1 Å². The second-order valence-electron chi connectivity index (χ2n) is 4.75. The van der Waals surface area contributed by atoms with Crippen LogP contribution in [0.15, 0.2) is 29.2 Å². The van der Waals surface area contributed by atoms with Gasteiger partial charge in [-0.1, -0.05) is 18.2 Å². The number of aliphatic hydroxyl groups is 1. The molecule has 0 saturated carbocycles. The third kappa shape index (κ3) is 1.99. The molecular weight excluding hydrogens is 218 g/mol. The van der Waals surface area contributed by atoms with E-state index in [0.29, 0.717) is 5.92 Å². The molecule has 0 bridgehead atoms. The van der Waals surface area contributed by atoms with Crippen LogP contribution in [0.1, 0.15) is 17.9 Å². The Morgan fingerprint density at radius 3 is 3.06 bits per heavy atom. The molecule has 2 aliphatic rings. The highest BCUT2D eigenvalue weighted by Crippen LogP contribution is 2.39. The number of aliphatic hydroxyl groups excluding tert-OH is 1. The van der Waals surface area contributed by atoms with E-state index < -0.39 is 0 Å². The van der Waals surface area contributed by atoms with Crippen LogP contribution < -0.4 is 0 Å². The molecule has 1 aromatic carbocycles. The van der Waals surface area contributed by atoms with E-state index >= 15 is 0 Å². The maximum atomic E-state index is 9.52. The first-order chi connectivity index (χ1) is 7.83. The van der Waals surface area contributed by atoms with Crippen LogP contribution in [0.4, 0.5) is 0 Å². The topological polar surface area (TPSA) is 23.5 Å². The second-order valence-corrected chi connectivity index (χ2v) is 5.81. The molecule has 3 heteroatoms. The molecule has 1 aromatic rings. The number of likely N-dealkylation sites (tertiary alicyclic amines) is 1. The van der Waals surface area contributed by atoms with Crippen LogP contribution in [0, 0.1) is 0 Å². The fraction of sp³-hybridized carbons (Fsp3) is 0.538. The summed E-state index contributed by atoms with van der Waals surface area (Å²) in [6.45, 7) is 3.04. The van der Waals surface area contributed by atoms with E-state index in [-0.39, 0.29) is 6.10 Å². The van der Waals surface area contributed by atoms with Gasteiger partial charge in [0.1, 0.15) is 0 Å². The third-order valence-corrected chi connectivity index (χ3v) is 4.78. The standard InChI is InChI=1S/C13H17NOS/c15-11-5-6-14(8-11)7-10-9-16-13-4-2-1-3-12(10)13/h1-4,10-11,15H,5-9H2/t10?,11-/m1/s1. The largest absolute Gasteiger partial charge is 0.392 e. The summed E-state index contributed by atoms with van der Waals surface area (Å²) in [7, 11) is 0. The van der Waals surface area contributed by atoms with Crippen molar-refractivity contribution in [3.8, 4) is 0 Å². The van der Waals surface area contributed by atoms with Crippen molar-refractivity contribution in [3.63, 3.8) is 0 Å². The average molecular weight is 235 g/mol. The molecule has 0 aromatic heterocycles. The Labute approximate surface area is 101 Å². The Balaban J connectivity index is 1.69. The number of β-amino-alcohol motifs (C(OH)–C–C–N with tert-alkyl or cyclic N) is 1. The first-order valence-corrected chi connectivity index (χ1v) is 6.93. The molecule has 0 amide bonds. The van der Waals surface area contributed by atoms with Gasteiger partial charge >= 0.3 is 0 Å². The van der Waals surface area contributed by atoms with Gasteiger partial charge < -0.3 is 10.0 Å². The molecule has 86 valence electrons. The van der Waals surface area contributed by atoms with E-state index in [1.807, 2.05) is 11.8 Å². The monoisotopic (exact) mass is 235 g/mol. The van der Waals surface area contributed by atoms with Crippen molar-refractivity contribution in [2.75, 3.05) is 25.4 Å². The lowest BCUT2D eigenvalue weighted by molar-refractivity contribution is 0.175. The zero-order chi connectivity index (χ0) is 11.0. The normalized spacial score (nSPS) is 29.6. The van der Waals surface area contributed by atoms with E-state index in [1.165, 1.54) is 16.2 Å². The summed E-state index contributed by atoms with van der Waals surface area (Å²) in [4.78, 5) is 3.85. The van der Waals surface area contributed by atoms with E-state index in [0.717, 1.165) is 26.1 Å². The number of fused-ring (bicyclic) bond motifs is 1. The Kier molecular flexibility index (Phi) is 2.92. The number of hydrogen-bond acceptors (Lipinski definition) is 3. The third-order valence-electron chi connectivity index (χ3n) is 3.52. The maximum absolute atomic E-state index is 9.52. The van der Waals surface area contributed by atoms with Crippen LogP contribution in [0.3, 0.4) is 0 Å². The van der Waals surface area contributed by atoms with Crippen molar-refractivity contribution >= 4 is 11.8 Å². The van der Waals surface area contributed by atoms with Crippen molar-refractivity contribution in [1.29, 1.82) is 0 Å². The molecule has 2 aliphatic heterocycles. The Morgan fingerprint density at radius 1 is 1.38 bits per heavy atom. The lowest BCUT2D eigenvalue weighted by atomic mass is 10.0. The number of nitrogens with zero attached hydrogens (tertiary/aromatic N) is 1. The van der Waals surface area contributed by atoms with Crippen molar-refractivity contribution in [3.05, 3.63) is 29.8 Å². The highest BCUT2D eigenvalue weighted by Gasteiger charge is 2.27. The van der Waals surface area contributed by atoms with Crippen molar-refractivity contribution in [2.45, 2.75) is 23.3 Å². The van der Waals surface area contributed by atoms with Gasteiger partial charge in [-0.2, -0.15) is 0 Å². The maximum Gasteiger partial charge on any atom is 0.0679 e. The molecular formula is C13H17NOS. The zero-order valence-corrected chi connectivity index (χ0v) is 10.1.